The van der Waals surface area contributed by atoms with Gasteiger partial charge in [0.25, 0.3) is 0 Å². The Bertz CT molecular complexity index is 396. The molecule has 1 aromatic rings. The Balaban J connectivity index is 2.21. The zero-order valence-electron chi connectivity index (χ0n) is 10.8. The summed E-state index contributed by atoms with van der Waals surface area (Å²) in [5.41, 5.74) is -0.177. The van der Waals surface area contributed by atoms with E-state index in [1.807, 2.05) is 26.0 Å². The lowest BCUT2D eigenvalue weighted by atomic mass is 10.1. The fraction of sp³-hybridized carbons (Fsp3) is 0.667. The molecule has 0 radical (unpaired) electrons. The first-order valence-corrected chi connectivity index (χ1v) is 7.95. The van der Waals surface area contributed by atoms with Gasteiger partial charge >= 0.3 is 7.60 Å². The van der Waals surface area contributed by atoms with E-state index in [0.717, 1.165) is 12.3 Å². The molecule has 1 saturated heterocycles. The molecule has 18 heavy (non-hydrogen) atoms. The molecule has 1 N–H and O–H groups in total. The van der Waals surface area contributed by atoms with Crippen molar-refractivity contribution in [3.63, 3.8) is 0 Å². The molecule has 2 unspecified atom stereocenters. The van der Waals surface area contributed by atoms with Gasteiger partial charge in [0.1, 0.15) is 5.76 Å². The van der Waals surface area contributed by atoms with Gasteiger partial charge in [0.2, 0.25) is 0 Å². The van der Waals surface area contributed by atoms with E-state index in [-0.39, 0.29) is 11.6 Å². The Morgan fingerprint density at radius 2 is 2.11 bits per heavy atom. The highest BCUT2D eigenvalue weighted by Crippen LogP contribution is 2.58. The van der Waals surface area contributed by atoms with Gasteiger partial charge in [-0.25, -0.2) is 0 Å². The first-order chi connectivity index (χ1) is 8.71. The van der Waals surface area contributed by atoms with Gasteiger partial charge in [0.05, 0.1) is 25.1 Å². The second-order valence-corrected chi connectivity index (χ2v) is 6.48. The molecule has 102 valence electrons. The number of hydrogen-bond acceptors (Lipinski definition) is 5. The zero-order valence-corrected chi connectivity index (χ0v) is 11.7. The highest BCUT2D eigenvalue weighted by Gasteiger charge is 2.45. The van der Waals surface area contributed by atoms with Crippen LogP contribution >= 0.6 is 7.60 Å². The highest BCUT2D eigenvalue weighted by molar-refractivity contribution is 7.54. The van der Waals surface area contributed by atoms with Gasteiger partial charge in [0.15, 0.2) is 0 Å². The molecule has 6 heteroatoms. The fourth-order valence-electron chi connectivity index (χ4n) is 2.38. The average molecular weight is 273 g/mol. The summed E-state index contributed by atoms with van der Waals surface area (Å²) in [5.74, 6) is 0.883. The van der Waals surface area contributed by atoms with Gasteiger partial charge in [-0.15, -0.1) is 0 Å². The van der Waals surface area contributed by atoms with E-state index in [9.17, 15) is 4.57 Å². The number of hydrogen-bond donors (Lipinski definition) is 1. The van der Waals surface area contributed by atoms with Crippen LogP contribution in [0.3, 0.4) is 0 Å². The molecule has 0 aromatic carbocycles. The van der Waals surface area contributed by atoms with Crippen molar-refractivity contribution in [1.29, 1.82) is 0 Å². The summed E-state index contributed by atoms with van der Waals surface area (Å²) in [7, 11) is -3.09. The topological polar surface area (TPSA) is 60.7 Å². The minimum Gasteiger partial charge on any atom is -0.469 e. The zero-order chi connectivity index (χ0) is 13.0. The molecule has 0 spiro atoms. The summed E-state index contributed by atoms with van der Waals surface area (Å²) >= 11 is 0. The molecule has 2 heterocycles. The van der Waals surface area contributed by atoms with Crippen LogP contribution in [0.4, 0.5) is 0 Å². The fourth-order valence-corrected chi connectivity index (χ4v) is 4.60. The molecule has 5 nitrogen and oxygen atoms in total. The summed E-state index contributed by atoms with van der Waals surface area (Å²) in [4.78, 5) is 0. The van der Waals surface area contributed by atoms with E-state index in [1.165, 1.54) is 0 Å². The van der Waals surface area contributed by atoms with Gasteiger partial charge in [0, 0.05) is 19.0 Å². The Hall–Kier alpha value is -0.610. The third kappa shape index (κ3) is 2.69. The molecule has 0 bridgehead atoms. The molecule has 2 rings (SSSR count). The van der Waals surface area contributed by atoms with Crippen LogP contribution in [0.2, 0.25) is 0 Å². The van der Waals surface area contributed by atoms with Crippen molar-refractivity contribution >= 4 is 7.60 Å². The lowest BCUT2D eigenvalue weighted by Crippen LogP contribution is -2.21. The number of rotatable bonds is 6. The predicted octanol–water partition coefficient (Wildman–Crippen LogP) is 2.60. The summed E-state index contributed by atoms with van der Waals surface area (Å²) in [6.45, 7) is 5.80. The maximum Gasteiger partial charge on any atom is 0.335 e. The van der Waals surface area contributed by atoms with E-state index in [4.69, 9.17) is 13.5 Å². The Morgan fingerprint density at radius 3 is 2.67 bits per heavy atom. The van der Waals surface area contributed by atoms with Crippen LogP contribution in [0.5, 0.6) is 0 Å². The number of furan rings is 1. The van der Waals surface area contributed by atoms with E-state index < -0.39 is 7.60 Å². The van der Waals surface area contributed by atoms with Gasteiger partial charge < -0.3 is 18.8 Å². The minimum atomic E-state index is -3.09. The molecule has 1 fully saturated rings. The van der Waals surface area contributed by atoms with Crippen molar-refractivity contribution in [2.75, 3.05) is 26.3 Å². The van der Waals surface area contributed by atoms with Gasteiger partial charge in [-0.1, -0.05) is 0 Å². The second kappa shape index (κ2) is 6.02. The minimum absolute atomic E-state index is 0.0453. The van der Waals surface area contributed by atoms with Crippen LogP contribution < -0.4 is 5.32 Å². The molecular weight excluding hydrogens is 253 g/mol. The van der Waals surface area contributed by atoms with Crippen LogP contribution in [0.15, 0.2) is 22.8 Å². The third-order valence-electron chi connectivity index (χ3n) is 3.12. The van der Waals surface area contributed by atoms with Crippen molar-refractivity contribution in [2.24, 2.45) is 0 Å². The van der Waals surface area contributed by atoms with Crippen LogP contribution in [0, 0.1) is 0 Å². The Morgan fingerprint density at radius 1 is 1.39 bits per heavy atom. The summed E-state index contributed by atoms with van der Waals surface area (Å²) in [6, 6.07) is 3.75. The first-order valence-electron chi connectivity index (χ1n) is 6.34. The van der Waals surface area contributed by atoms with Crippen molar-refractivity contribution in [3.8, 4) is 0 Å². The predicted molar refractivity (Wildman–Crippen MR) is 69.0 cm³/mol. The van der Waals surface area contributed by atoms with Gasteiger partial charge in [-0.2, -0.15) is 0 Å². The maximum atomic E-state index is 12.8. The van der Waals surface area contributed by atoms with E-state index >= 15 is 0 Å². The summed E-state index contributed by atoms with van der Waals surface area (Å²) in [5, 5.41) is 3.24. The summed E-state index contributed by atoms with van der Waals surface area (Å²) in [6.07, 6.45) is 1.64. The maximum absolute atomic E-state index is 12.8. The molecule has 1 aliphatic heterocycles. The lowest BCUT2D eigenvalue weighted by Gasteiger charge is -2.25. The standard InChI is InChI=1S/C12H20NO4P/c1-3-16-18(14,17-4-2)12-9-13-8-10(12)11-6-5-7-15-11/h5-7,10,12-13H,3-4,8-9H2,1-2H3. The smallest absolute Gasteiger partial charge is 0.335 e. The Labute approximate surface area is 107 Å². The van der Waals surface area contributed by atoms with E-state index in [1.54, 1.807) is 6.26 Å². The molecular formula is C12H20NO4P. The highest BCUT2D eigenvalue weighted by atomic mass is 31.2. The Kier molecular flexibility index (Phi) is 4.62. The molecule has 1 aromatic heterocycles. The molecule has 0 amide bonds. The van der Waals surface area contributed by atoms with Crippen LogP contribution in [-0.2, 0) is 13.6 Å². The largest absolute Gasteiger partial charge is 0.469 e. The van der Waals surface area contributed by atoms with Crippen molar-refractivity contribution < 1.29 is 18.0 Å². The molecule has 0 saturated carbocycles. The van der Waals surface area contributed by atoms with Crippen molar-refractivity contribution in [3.05, 3.63) is 24.2 Å². The third-order valence-corrected chi connectivity index (χ3v) is 5.71. The monoisotopic (exact) mass is 273 g/mol. The molecule has 0 aliphatic carbocycles. The van der Waals surface area contributed by atoms with Crippen LogP contribution in [-0.4, -0.2) is 32.0 Å². The van der Waals surface area contributed by atoms with E-state index in [0.29, 0.717) is 19.8 Å². The van der Waals surface area contributed by atoms with E-state index in [2.05, 4.69) is 5.32 Å². The molecule has 1 aliphatic rings. The lowest BCUT2D eigenvalue weighted by molar-refractivity contribution is 0.210. The van der Waals surface area contributed by atoms with Crippen molar-refractivity contribution in [2.45, 2.75) is 25.4 Å². The van der Waals surface area contributed by atoms with Crippen LogP contribution in [0.1, 0.15) is 25.5 Å². The SMILES string of the molecule is CCOP(=O)(OCC)C1CNCC1c1ccco1. The van der Waals surface area contributed by atoms with Crippen LogP contribution in [0.25, 0.3) is 0 Å². The van der Waals surface area contributed by atoms with Gasteiger partial charge in [-0.05, 0) is 26.0 Å². The normalized spacial score (nSPS) is 24.6. The average Bonchev–Trinajstić information content (AvgIpc) is 3.00. The second-order valence-electron chi connectivity index (χ2n) is 4.22. The quantitative estimate of drug-likeness (QED) is 0.807. The summed E-state index contributed by atoms with van der Waals surface area (Å²) < 4.78 is 29.1. The van der Waals surface area contributed by atoms with Gasteiger partial charge in [-0.3, -0.25) is 4.57 Å². The molecule has 2 atom stereocenters. The first kappa shape index (κ1) is 13.8. The number of nitrogens with one attached hydrogen (secondary N) is 1. The van der Waals surface area contributed by atoms with Crippen molar-refractivity contribution in [1.82, 2.24) is 5.32 Å².